The second kappa shape index (κ2) is 8.20. The minimum absolute atomic E-state index is 0.117. The second-order valence-electron chi connectivity index (χ2n) is 6.36. The molecule has 1 fully saturated rings. The largest absolute Gasteiger partial charge is 0.325 e. The molecule has 1 unspecified atom stereocenters. The van der Waals surface area contributed by atoms with E-state index < -0.39 is 29.9 Å². The number of amides is 4. The van der Waals surface area contributed by atoms with Gasteiger partial charge < -0.3 is 10.6 Å². The van der Waals surface area contributed by atoms with E-state index >= 15 is 0 Å². The Labute approximate surface area is 191 Å². The van der Waals surface area contributed by atoms with E-state index in [1.807, 2.05) is 0 Å². The summed E-state index contributed by atoms with van der Waals surface area (Å²) in [5.41, 5.74) is -0.971. The fourth-order valence-electron chi connectivity index (χ4n) is 2.90. The van der Waals surface area contributed by atoms with E-state index in [1.54, 1.807) is 12.1 Å². The van der Waals surface area contributed by atoms with E-state index in [-0.39, 0.29) is 20.8 Å². The number of imide groups is 1. The SMILES string of the molecule is CC1(c2ccc(Cl)cc2Cl)NC(=O)N(CC(=O)Nc2c(Cl)cc(Cl)cc2Cl)C1=O. The first-order chi connectivity index (χ1) is 13.5. The summed E-state index contributed by atoms with van der Waals surface area (Å²) in [4.78, 5) is 38.5. The molecule has 11 heteroatoms. The van der Waals surface area contributed by atoms with Crippen molar-refractivity contribution in [2.45, 2.75) is 12.5 Å². The molecule has 2 aromatic carbocycles. The summed E-state index contributed by atoms with van der Waals surface area (Å²) in [6.45, 7) is 0.938. The highest BCUT2D eigenvalue weighted by Gasteiger charge is 2.50. The number of anilines is 1. The van der Waals surface area contributed by atoms with Crippen LogP contribution in [0.3, 0.4) is 0 Å². The summed E-state index contributed by atoms with van der Waals surface area (Å²) in [5, 5.41) is 6.16. The van der Waals surface area contributed by atoms with Crippen LogP contribution in [0.25, 0.3) is 0 Å². The van der Waals surface area contributed by atoms with Crippen molar-refractivity contribution in [3.63, 3.8) is 0 Å². The first kappa shape index (κ1) is 22.0. The highest BCUT2D eigenvalue weighted by atomic mass is 35.5. The minimum Gasteiger partial charge on any atom is -0.322 e. The summed E-state index contributed by atoms with van der Waals surface area (Å²) >= 11 is 30.0. The molecule has 0 saturated carbocycles. The third-order valence-corrected chi connectivity index (χ3v) is 5.68. The molecule has 2 aromatic rings. The summed E-state index contributed by atoms with van der Waals surface area (Å²) in [7, 11) is 0. The highest BCUT2D eigenvalue weighted by Crippen LogP contribution is 2.36. The number of carbonyl (C=O) groups excluding carboxylic acids is 3. The van der Waals surface area contributed by atoms with Gasteiger partial charge in [0, 0.05) is 20.6 Å². The predicted molar refractivity (Wildman–Crippen MR) is 114 cm³/mol. The number of nitrogens with zero attached hydrogens (tertiary/aromatic N) is 1. The Balaban J connectivity index is 1.81. The number of hydrogen-bond donors (Lipinski definition) is 2. The highest BCUT2D eigenvalue weighted by molar-refractivity contribution is 6.42. The average molecular weight is 496 g/mol. The van der Waals surface area contributed by atoms with Crippen molar-refractivity contribution >= 4 is 81.5 Å². The van der Waals surface area contributed by atoms with Gasteiger partial charge in [0.1, 0.15) is 12.1 Å². The molecule has 0 aromatic heterocycles. The molecule has 3 rings (SSSR count). The molecular formula is C18H12Cl5N3O3. The fraction of sp³-hybridized carbons (Fsp3) is 0.167. The van der Waals surface area contributed by atoms with Crippen molar-refractivity contribution in [1.29, 1.82) is 0 Å². The molecule has 0 aliphatic carbocycles. The van der Waals surface area contributed by atoms with Crippen LogP contribution in [-0.2, 0) is 15.1 Å². The maximum Gasteiger partial charge on any atom is 0.325 e. The summed E-state index contributed by atoms with van der Waals surface area (Å²) in [6, 6.07) is 6.61. The molecule has 1 aliphatic heterocycles. The van der Waals surface area contributed by atoms with Gasteiger partial charge in [-0.2, -0.15) is 0 Å². The van der Waals surface area contributed by atoms with Crippen LogP contribution >= 0.6 is 58.0 Å². The molecule has 2 N–H and O–H groups in total. The van der Waals surface area contributed by atoms with Gasteiger partial charge in [0.15, 0.2) is 0 Å². The van der Waals surface area contributed by atoms with E-state index in [0.717, 1.165) is 4.90 Å². The van der Waals surface area contributed by atoms with E-state index in [4.69, 9.17) is 58.0 Å². The maximum atomic E-state index is 12.9. The van der Waals surface area contributed by atoms with Gasteiger partial charge in [-0.1, -0.05) is 64.1 Å². The standard InChI is InChI=1S/C18H12Cl5N3O3/c1-18(10-3-2-8(19)4-11(10)21)16(28)26(17(29)25-18)7-14(27)24-15-12(22)5-9(20)6-13(15)23/h2-6H,7H2,1H3,(H,24,27)(H,25,29). The molecule has 1 heterocycles. The molecule has 4 amide bonds. The number of halogens is 5. The predicted octanol–water partition coefficient (Wildman–Crippen LogP) is 5.36. The molecule has 0 radical (unpaired) electrons. The Kier molecular flexibility index (Phi) is 6.22. The van der Waals surface area contributed by atoms with E-state index in [1.165, 1.54) is 25.1 Å². The number of nitrogens with one attached hydrogen (secondary N) is 2. The van der Waals surface area contributed by atoms with E-state index in [9.17, 15) is 14.4 Å². The van der Waals surface area contributed by atoms with Gasteiger partial charge >= 0.3 is 6.03 Å². The lowest BCUT2D eigenvalue weighted by atomic mass is 9.92. The summed E-state index contributed by atoms with van der Waals surface area (Å²) in [6.07, 6.45) is 0. The molecule has 1 aliphatic rings. The van der Waals surface area contributed by atoms with Crippen LogP contribution in [-0.4, -0.2) is 29.3 Å². The van der Waals surface area contributed by atoms with Crippen LogP contribution < -0.4 is 10.6 Å². The van der Waals surface area contributed by atoms with E-state index in [2.05, 4.69) is 10.6 Å². The van der Waals surface area contributed by atoms with Gasteiger partial charge in [-0.3, -0.25) is 14.5 Å². The zero-order chi connectivity index (χ0) is 21.5. The molecule has 29 heavy (non-hydrogen) atoms. The first-order valence-electron chi connectivity index (χ1n) is 8.07. The Morgan fingerprint density at radius 1 is 1.00 bits per heavy atom. The average Bonchev–Trinajstić information content (AvgIpc) is 2.82. The van der Waals surface area contributed by atoms with Crippen molar-refractivity contribution in [1.82, 2.24) is 10.2 Å². The number of urea groups is 1. The van der Waals surface area contributed by atoms with Crippen molar-refractivity contribution in [2.24, 2.45) is 0 Å². The molecule has 0 bridgehead atoms. The van der Waals surface area contributed by atoms with Gasteiger partial charge in [0.05, 0.1) is 15.7 Å². The zero-order valence-electron chi connectivity index (χ0n) is 14.7. The molecule has 152 valence electrons. The van der Waals surface area contributed by atoms with Crippen LogP contribution in [0.15, 0.2) is 30.3 Å². The Morgan fingerprint density at radius 3 is 2.17 bits per heavy atom. The fourth-order valence-corrected chi connectivity index (χ4v) is 4.41. The lowest BCUT2D eigenvalue weighted by Crippen LogP contribution is -2.42. The molecular weight excluding hydrogens is 483 g/mol. The lowest BCUT2D eigenvalue weighted by molar-refractivity contribution is -0.133. The number of rotatable bonds is 4. The topological polar surface area (TPSA) is 78.5 Å². The second-order valence-corrected chi connectivity index (χ2v) is 8.46. The third-order valence-electron chi connectivity index (χ3n) is 4.32. The maximum absolute atomic E-state index is 12.9. The Hall–Kier alpha value is -1.70. The normalized spacial score (nSPS) is 18.8. The number of benzene rings is 2. The van der Waals surface area contributed by atoms with E-state index in [0.29, 0.717) is 15.6 Å². The Bertz CT molecular complexity index is 1020. The zero-order valence-corrected chi connectivity index (χ0v) is 18.4. The van der Waals surface area contributed by atoms with Crippen molar-refractivity contribution < 1.29 is 14.4 Å². The van der Waals surface area contributed by atoms with Crippen molar-refractivity contribution in [3.05, 3.63) is 61.0 Å². The molecule has 1 saturated heterocycles. The van der Waals surface area contributed by atoms with Gasteiger partial charge in [0.2, 0.25) is 5.91 Å². The molecule has 1 atom stereocenters. The van der Waals surface area contributed by atoms with Crippen LogP contribution in [0.5, 0.6) is 0 Å². The summed E-state index contributed by atoms with van der Waals surface area (Å²) < 4.78 is 0. The van der Waals surface area contributed by atoms with Crippen molar-refractivity contribution in [3.8, 4) is 0 Å². The lowest BCUT2D eigenvalue weighted by Gasteiger charge is -2.23. The quantitative estimate of drug-likeness (QED) is 0.561. The van der Waals surface area contributed by atoms with Gasteiger partial charge in [-0.25, -0.2) is 4.79 Å². The summed E-state index contributed by atoms with van der Waals surface area (Å²) in [5.74, 6) is -1.32. The molecule has 0 spiro atoms. The van der Waals surface area contributed by atoms with Crippen LogP contribution in [0.2, 0.25) is 25.1 Å². The monoisotopic (exact) mass is 493 g/mol. The number of hydrogen-bond acceptors (Lipinski definition) is 3. The van der Waals surface area contributed by atoms with Gasteiger partial charge in [0.25, 0.3) is 5.91 Å². The molecule has 6 nitrogen and oxygen atoms in total. The van der Waals surface area contributed by atoms with Gasteiger partial charge in [-0.15, -0.1) is 0 Å². The van der Waals surface area contributed by atoms with Crippen LogP contribution in [0, 0.1) is 0 Å². The van der Waals surface area contributed by atoms with Crippen molar-refractivity contribution in [2.75, 3.05) is 11.9 Å². The van der Waals surface area contributed by atoms with Crippen LogP contribution in [0.4, 0.5) is 10.5 Å². The Morgan fingerprint density at radius 2 is 1.59 bits per heavy atom. The van der Waals surface area contributed by atoms with Crippen LogP contribution in [0.1, 0.15) is 12.5 Å². The number of carbonyl (C=O) groups is 3. The minimum atomic E-state index is -1.45. The first-order valence-corrected chi connectivity index (χ1v) is 9.96. The third kappa shape index (κ3) is 4.27. The van der Waals surface area contributed by atoms with Gasteiger partial charge in [-0.05, 0) is 31.2 Å². The smallest absolute Gasteiger partial charge is 0.322 e.